The molecule has 1 aliphatic heterocycles. The van der Waals surface area contributed by atoms with Crippen molar-refractivity contribution in [2.24, 2.45) is 23.0 Å². The van der Waals surface area contributed by atoms with Crippen LogP contribution in [0.15, 0.2) is 60.8 Å². The van der Waals surface area contributed by atoms with Crippen LogP contribution in [-0.2, 0) is 25.7 Å². The minimum Gasteiger partial charge on any atom is -0.387 e. The Labute approximate surface area is 286 Å². The molecule has 1 fully saturated rings. The second-order valence-corrected chi connectivity index (χ2v) is 14.0. The molecule has 0 bridgehead atoms. The van der Waals surface area contributed by atoms with Gasteiger partial charge in [-0.05, 0) is 47.6 Å². The van der Waals surface area contributed by atoms with Gasteiger partial charge in [-0.2, -0.15) is 0 Å². The molecule has 1 aromatic heterocycles. The van der Waals surface area contributed by atoms with Gasteiger partial charge in [0.2, 0.25) is 23.6 Å². The van der Waals surface area contributed by atoms with E-state index in [0.29, 0.717) is 17.8 Å². The number of aliphatic hydroxyl groups is 1. The minimum absolute atomic E-state index is 0.00470. The first kappa shape index (κ1) is 37.4. The van der Waals surface area contributed by atoms with Gasteiger partial charge < -0.3 is 25.6 Å². The third-order valence-corrected chi connectivity index (χ3v) is 8.97. The Morgan fingerprint density at radius 2 is 1.78 bits per heavy atom. The molecule has 4 N–H and O–H groups in total. The van der Waals surface area contributed by atoms with Crippen molar-refractivity contribution in [3.05, 3.63) is 83.7 Å². The second kappa shape index (κ2) is 15.9. The summed E-state index contributed by atoms with van der Waals surface area (Å²) in [4.78, 5) is 54.0. The Hall–Kier alpha value is -4.42. The van der Waals surface area contributed by atoms with E-state index in [9.17, 15) is 33.1 Å². The third-order valence-electron chi connectivity index (χ3n) is 8.97. The molecule has 264 valence electrons. The number of aromatic nitrogens is 1. The van der Waals surface area contributed by atoms with Crippen LogP contribution in [0.3, 0.4) is 0 Å². The summed E-state index contributed by atoms with van der Waals surface area (Å²) >= 11 is 0. The number of rotatable bonds is 14. The zero-order valence-corrected chi connectivity index (χ0v) is 28.8. The van der Waals surface area contributed by atoms with Crippen molar-refractivity contribution < 1.29 is 33.1 Å². The molecule has 2 aromatic carbocycles. The van der Waals surface area contributed by atoms with E-state index in [-0.39, 0.29) is 61.7 Å². The molecular weight excluding hydrogens is 632 g/mol. The van der Waals surface area contributed by atoms with E-state index >= 15 is 0 Å². The summed E-state index contributed by atoms with van der Waals surface area (Å²) in [5, 5.41) is 12.7. The monoisotopic (exact) mass is 679 g/mol. The van der Waals surface area contributed by atoms with Gasteiger partial charge in [0, 0.05) is 61.5 Å². The zero-order chi connectivity index (χ0) is 36.0. The van der Waals surface area contributed by atoms with Crippen LogP contribution >= 0.6 is 0 Å². The second-order valence-electron chi connectivity index (χ2n) is 14.0. The van der Waals surface area contributed by atoms with Crippen LogP contribution < -0.4 is 11.1 Å². The number of imide groups is 1. The molecule has 0 radical (unpaired) electrons. The molecule has 1 unspecified atom stereocenters. The van der Waals surface area contributed by atoms with Crippen LogP contribution in [0.5, 0.6) is 0 Å². The number of nitrogens with zero attached hydrogens (tertiary/aromatic N) is 3. The first-order valence-corrected chi connectivity index (χ1v) is 16.6. The van der Waals surface area contributed by atoms with Gasteiger partial charge in [0.05, 0.1) is 12.1 Å². The lowest BCUT2D eigenvalue weighted by Crippen LogP contribution is -2.48. The molecule has 0 aliphatic carbocycles. The van der Waals surface area contributed by atoms with Crippen molar-refractivity contribution in [3.8, 4) is 11.1 Å². The number of hydrogen-bond acceptors (Lipinski definition) is 6. The van der Waals surface area contributed by atoms with E-state index in [0.717, 1.165) is 23.8 Å². The smallest absolute Gasteiger partial charge is 0.248 e. The van der Waals surface area contributed by atoms with E-state index in [1.807, 2.05) is 69.5 Å². The summed E-state index contributed by atoms with van der Waals surface area (Å²) in [5.41, 5.74) is 7.67. The van der Waals surface area contributed by atoms with Crippen molar-refractivity contribution in [2.45, 2.75) is 66.1 Å². The van der Waals surface area contributed by atoms with Crippen LogP contribution in [0.25, 0.3) is 11.1 Å². The highest BCUT2D eigenvalue weighted by atomic mass is 19.1. The molecule has 0 saturated carbocycles. The molecule has 12 heteroatoms. The van der Waals surface area contributed by atoms with Crippen molar-refractivity contribution >= 4 is 23.6 Å². The summed E-state index contributed by atoms with van der Waals surface area (Å²) in [6.07, 6.45) is 1.91. The van der Waals surface area contributed by atoms with E-state index in [4.69, 9.17) is 5.73 Å². The molecule has 4 amide bonds. The zero-order valence-electron chi connectivity index (χ0n) is 28.8. The topological polar surface area (TPSA) is 138 Å². The lowest BCUT2D eigenvalue weighted by atomic mass is 9.82. The summed E-state index contributed by atoms with van der Waals surface area (Å²) in [5.74, 6) is -3.15. The maximum absolute atomic E-state index is 15.0. The van der Waals surface area contributed by atoms with Crippen LogP contribution in [-0.4, -0.2) is 75.4 Å². The lowest BCUT2D eigenvalue weighted by molar-refractivity contribution is -0.140. The van der Waals surface area contributed by atoms with Crippen molar-refractivity contribution in [1.82, 2.24) is 19.7 Å². The SMILES string of the molecule is CC(C)C1CC(=O)N(CCNC(=O)[C@@H](N)CCN(C(=O)CO)[C@@H](c2cc(-c3cc(F)ccc3F)cn2Cc2ccccc2)C(C)(C)C)C1=O. The number of likely N-dealkylation sites (tertiary alicyclic amines) is 1. The van der Waals surface area contributed by atoms with Gasteiger partial charge in [0.1, 0.15) is 18.2 Å². The molecular formula is C37H47F2N5O5. The largest absolute Gasteiger partial charge is 0.387 e. The summed E-state index contributed by atoms with van der Waals surface area (Å²) in [6.45, 7) is 9.18. The van der Waals surface area contributed by atoms with E-state index in [1.165, 1.54) is 9.80 Å². The first-order chi connectivity index (χ1) is 23.1. The maximum atomic E-state index is 15.0. The van der Waals surface area contributed by atoms with Gasteiger partial charge in [-0.3, -0.25) is 24.1 Å². The Balaban J connectivity index is 1.57. The molecule has 2 heterocycles. The van der Waals surface area contributed by atoms with Crippen LogP contribution in [0, 0.1) is 28.9 Å². The van der Waals surface area contributed by atoms with Crippen molar-refractivity contribution in [1.29, 1.82) is 0 Å². The molecule has 3 aromatic rings. The summed E-state index contributed by atoms with van der Waals surface area (Å²) < 4.78 is 31.1. The van der Waals surface area contributed by atoms with Crippen molar-refractivity contribution in [3.63, 3.8) is 0 Å². The predicted molar refractivity (Wildman–Crippen MR) is 182 cm³/mol. The molecule has 10 nitrogen and oxygen atoms in total. The van der Waals surface area contributed by atoms with E-state index in [2.05, 4.69) is 5.32 Å². The Morgan fingerprint density at radius 3 is 2.39 bits per heavy atom. The molecule has 1 aliphatic rings. The van der Waals surface area contributed by atoms with Crippen LogP contribution in [0.1, 0.15) is 64.8 Å². The van der Waals surface area contributed by atoms with Crippen LogP contribution in [0.2, 0.25) is 0 Å². The number of halogens is 2. The number of hydrogen-bond donors (Lipinski definition) is 3. The van der Waals surface area contributed by atoms with E-state index in [1.54, 1.807) is 12.3 Å². The fraction of sp³-hybridized carbons (Fsp3) is 0.459. The number of carbonyl (C=O) groups is 4. The van der Waals surface area contributed by atoms with Crippen LogP contribution in [0.4, 0.5) is 8.78 Å². The average molecular weight is 680 g/mol. The standard InChI is InChI=1S/C37H47F2N5O5/c1-23(2)27-19-32(46)44(36(27)49)16-14-41-35(48)30(40)13-15-43(33(47)22-45)34(37(3,4)5)31-17-25(28-18-26(38)11-12-29(28)39)21-42(31)20-24-9-7-6-8-10-24/h6-12,17-18,21,23,27,30,34,45H,13-16,19-20,22,40H2,1-5H3,(H,41,48)/t27?,30-,34-/m0/s1. The van der Waals surface area contributed by atoms with Gasteiger partial charge in [-0.25, -0.2) is 8.78 Å². The van der Waals surface area contributed by atoms with Gasteiger partial charge in [-0.15, -0.1) is 0 Å². The number of carbonyl (C=O) groups excluding carboxylic acids is 4. The van der Waals surface area contributed by atoms with Crippen molar-refractivity contribution in [2.75, 3.05) is 26.2 Å². The molecule has 1 saturated heterocycles. The highest BCUT2D eigenvalue weighted by Gasteiger charge is 2.40. The van der Waals surface area contributed by atoms with Gasteiger partial charge >= 0.3 is 0 Å². The maximum Gasteiger partial charge on any atom is 0.248 e. The highest BCUT2D eigenvalue weighted by Crippen LogP contribution is 2.41. The first-order valence-electron chi connectivity index (χ1n) is 16.6. The quantitative estimate of drug-likeness (QED) is 0.218. The molecule has 3 atom stereocenters. The Bertz CT molecular complexity index is 1650. The number of amides is 4. The fourth-order valence-corrected chi connectivity index (χ4v) is 6.40. The van der Waals surface area contributed by atoms with Gasteiger partial charge in [0.25, 0.3) is 0 Å². The van der Waals surface area contributed by atoms with Gasteiger partial charge in [-0.1, -0.05) is 65.0 Å². The fourth-order valence-electron chi connectivity index (χ4n) is 6.40. The van der Waals surface area contributed by atoms with Gasteiger partial charge in [0.15, 0.2) is 0 Å². The molecule has 4 rings (SSSR count). The minimum atomic E-state index is -1.05. The average Bonchev–Trinajstić information content (AvgIpc) is 3.58. The Kier molecular flexibility index (Phi) is 12.1. The number of nitrogens with one attached hydrogen (secondary N) is 1. The molecule has 0 spiro atoms. The lowest BCUT2D eigenvalue weighted by Gasteiger charge is -2.41. The predicted octanol–water partition coefficient (Wildman–Crippen LogP) is 4.25. The number of aliphatic hydroxyl groups excluding tert-OH is 1. The number of benzene rings is 2. The summed E-state index contributed by atoms with van der Waals surface area (Å²) in [6, 6.07) is 12.8. The molecule has 49 heavy (non-hydrogen) atoms. The number of nitrogens with two attached hydrogens (primary N) is 1. The Morgan fingerprint density at radius 1 is 1.08 bits per heavy atom. The third kappa shape index (κ3) is 8.98. The summed E-state index contributed by atoms with van der Waals surface area (Å²) in [7, 11) is 0. The normalized spacial score (nSPS) is 16.3. The van der Waals surface area contributed by atoms with E-state index < -0.39 is 47.6 Å². The highest BCUT2D eigenvalue weighted by molar-refractivity contribution is 6.03.